The lowest BCUT2D eigenvalue weighted by Crippen LogP contribution is -2.51. The first kappa shape index (κ1) is 14.8. The standard InChI is InChI=1S/C12H22F3NO/c1-11(2)6-4-5-9(10(11)17)16(3)8-7-12(13,14)15/h9-10,17H,4-8H2,1-3H3. The van der Waals surface area contributed by atoms with Gasteiger partial charge in [-0.1, -0.05) is 20.3 Å². The molecule has 0 aliphatic heterocycles. The van der Waals surface area contributed by atoms with Crippen LogP contribution in [0.15, 0.2) is 0 Å². The molecule has 1 aliphatic carbocycles. The summed E-state index contributed by atoms with van der Waals surface area (Å²) in [5, 5.41) is 10.2. The van der Waals surface area contributed by atoms with Crippen LogP contribution in [0.1, 0.15) is 39.5 Å². The SMILES string of the molecule is CN(CCC(F)(F)F)C1CCCC(C)(C)C1O. The zero-order chi connectivity index (χ0) is 13.3. The molecule has 102 valence electrons. The number of aliphatic hydroxyl groups is 1. The van der Waals surface area contributed by atoms with E-state index in [1.807, 2.05) is 13.8 Å². The van der Waals surface area contributed by atoms with E-state index in [9.17, 15) is 18.3 Å². The van der Waals surface area contributed by atoms with Crippen molar-refractivity contribution in [1.29, 1.82) is 0 Å². The summed E-state index contributed by atoms with van der Waals surface area (Å²) < 4.78 is 36.4. The molecule has 17 heavy (non-hydrogen) atoms. The van der Waals surface area contributed by atoms with Crippen LogP contribution in [-0.2, 0) is 0 Å². The van der Waals surface area contributed by atoms with E-state index in [1.165, 1.54) is 0 Å². The Morgan fingerprint density at radius 1 is 1.35 bits per heavy atom. The normalized spacial score (nSPS) is 29.6. The molecule has 0 aromatic carbocycles. The van der Waals surface area contributed by atoms with Crippen LogP contribution in [0.4, 0.5) is 13.2 Å². The van der Waals surface area contributed by atoms with E-state index in [-0.39, 0.29) is 18.0 Å². The van der Waals surface area contributed by atoms with Crippen molar-refractivity contribution in [3.05, 3.63) is 0 Å². The summed E-state index contributed by atoms with van der Waals surface area (Å²) in [5.41, 5.74) is -0.199. The van der Waals surface area contributed by atoms with Gasteiger partial charge in [0.05, 0.1) is 12.5 Å². The molecule has 0 aromatic rings. The summed E-state index contributed by atoms with van der Waals surface area (Å²) in [6.45, 7) is 3.91. The molecular formula is C12H22F3NO. The van der Waals surface area contributed by atoms with Crippen LogP contribution >= 0.6 is 0 Å². The van der Waals surface area contributed by atoms with Crippen LogP contribution < -0.4 is 0 Å². The van der Waals surface area contributed by atoms with Crippen LogP contribution in [-0.4, -0.2) is 41.9 Å². The Kier molecular flexibility index (Phi) is 4.47. The van der Waals surface area contributed by atoms with Crippen molar-refractivity contribution < 1.29 is 18.3 Å². The van der Waals surface area contributed by atoms with Gasteiger partial charge >= 0.3 is 6.18 Å². The first-order valence-corrected chi connectivity index (χ1v) is 6.08. The lowest BCUT2D eigenvalue weighted by Gasteiger charge is -2.44. The molecule has 2 nitrogen and oxygen atoms in total. The summed E-state index contributed by atoms with van der Waals surface area (Å²) in [7, 11) is 1.67. The number of likely N-dealkylation sites (N-methyl/N-ethyl adjacent to an activating group) is 1. The molecule has 1 fully saturated rings. The Morgan fingerprint density at radius 3 is 2.47 bits per heavy atom. The number of halogens is 3. The molecule has 0 amide bonds. The number of aliphatic hydroxyl groups excluding tert-OH is 1. The zero-order valence-electron chi connectivity index (χ0n) is 10.7. The van der Waals surface area contributed by atoms with Crippen molar-refractivity contribution >= 4 is 0 Å². The summed E-state index contributed by atoms with van der Waals surface area (Å²) >= 11 is 0. The molecule has 0 radical (unpaired) electrons. The van der Waals surface area contributed by atoms with Gasteiger partial charge < -0.3 is 10.0 Å². The predicted molar refractivity (Wildman–Crippen MR) is 60.7 cm³/mol. The molecule has 0 bridgehead atoms. The Hall–Kier alpha value is -0.290. The smallest absolute Gasteiger partial charge is 0.390 e. The molecule has 2 unspecified atom stereocenters. The highest BCUT2D eigenvalue weighted by Crippen LogP contribution is 2.37. The number of alkyl halides is 3. The number of rotatable bonds is 3. The van der Waals surface area contributed by atoms with Gasteiger partial charge in [0.25, 0.3) is 0 Å². The number of nitrogens with zero attached hydrogens (tertiary/aromatic N) is 1. The lowest BCUT2D eigenvalue weighted by atomic mass is 9.72. The van der Waals surface area contributed by atoms with Gasteiger partial charge in [-0.2, -0.15) is 13.2 Å². The van der Waals surface area contributed by atoms with E-state index >= 15 is 0 Å². The lowest BCUT2D eigenvalue weighted by molar-refractivity contribution is -0.142. The highest BCUT2D eigenvalue weighted by molar-refractivity contribution is 4.92. The molecule has 1 rings (SSSR count). The second-order valence-electron chi connectivity index (χ2n) is 5.74. The molecule has 0 spiro atoms. The average molecular weight is 253 g/mol. The van der Waals surface area contributed by atoms with Crippen LogP contribution in [0.2, 0.25) is 0 Å². The fourth-order valence-electron chi connectivity index (χ4n) is 2.52. The van der Waals surface area contributed by atoms with Gasteiger partial charge in [-0.3, -0.25) is 0 Å². The van der Waals surface area contributed by atoms with Crippen molar-refractivity contribution in [3.8, 4) is 0 Å². The molecule has 0 heterocycles. The molecular weight excluding hydrogens is 231 g/mol. The van der Waals surface area contributed by atoms with Crippen molar-refractivity contribution in [2.75, 3.05) is 13.6 Å². The molecule has 1 aliphatic rings. The summed E-state index contributed by atoms with van der Waals surface area (Å²) in [6.07, 6.45) is -2.81. The molecule has 5 heteroatoms. The Morgan fingerprint density at radius 2 is 1.94 bits per heavy atom. The van der Waals surface area contributed by atoms with E-state index < -0.39 is 18.7 Å². The third kappa shape index (κ3) is 4.14. The largest absolute Gasteiger partial charge is 0.391 e. The Labute approximate surface area is 101 Å². The number of hydrogen-bond donors (Lipinski definition) is 1. The van der Waals surface area contributed by atoms with Crippen LogP contribution in [0.25, 0.3) is 0 Å². The van der Waals surface area contributed by atoms with Crippen LogP contribution in [0, 0.1) is 5.41 Å². The average Bonchev–Trinajstić information content (AvgIpc) is 2.17. The van der Waals surface area contributed by atoms with Crippen LogP contribution in [0.3, 0.4) is 0 Å². The molecule has 0 aromatic heterocycles. The molecule has 1 saturated carbocycles. The van der Waals surface area contributed by atoms with E-state index in [1.54, 1.807) is 11.9 Å². The van der Waals surface area contributed by atoms with Gasteiger partial charge in [0.2, 0.25) is 0 Å². The summed E-state index contributed by atoms with van der Waals surface area (Å²) in [4.78, 5) is 1.65. The fourth-order valence-corrected chi connectivity index (χ4v) is 2.52. The van der Waals surface area contributed by atoms with Crippen LogP contribution in [0.5, 0.6) is 0 Å². The second-order valence-corrected chi connectivity index (χ2v) is 5.74. The van der Waals surface area contributed by atoms with Crippen molar-refractivity contribution in [2.24, 2.45) is 5.41 Å². The highest BCUT2D eigenvalue weighted by Gasteiger charge is 2.40. The maximum Gasteiger partial charge on any atom is 0.390 e. The second kappa shape index (κ2) is 5.14. The van der Waals surface area contributed by atoms with Gasteiger partial charge in [0, 0.05) is 12.6 Å². The first-order valence-electron chi connectivity index (χ1n) is 6.08. The Bertz CT molecular complexity index is 253. The zero-order valence-corrected chi connectivity index (χ0v) is 10.7. The maximum absolute atomic E-state index is 12.1. The third-order valence-electron chi connectivity index (χ3n) is 3.80. The third-order valence-corrected chi connectivity index (χ3v) is 3.80. The topological polar surface area (TPSA) is 23.5 Å². The Balaban J connectivity index is 2.54. The predicted octanol–water partition coefficient (Wildman–Crippen LogP) is 2.81. The molecule has 1 N–H and O–H groups in total. The first-order chi connectivity index (χ1) is 7.63. The fraction of sp³-hybridized carbons (Fsp3) is 1.00. The van der Waals surface area contributed by atoms with Gasteiger partial charge in [0.1, 0.15) is 0 Å². The van der Waals surface area contributed by atoms with Crippen molar-refractivity contribution in [2.45, 2.75) is 57.9 Å². The van der Waals surface area contributed by atoms with E-state index in [4.69, 9.17) is 0 Å². The maximum atomic E-state index is 12.1. The van der Waals surface area contributed by atoms with E-state index in [0.29, 0.717) is 0 Å². The van der Waals surface area contributed by atoms with Gasteiger partial charge in [-0.05, 0) is 25.3 Å². The minimum absolute atomic E-state index is 0.0404. The van der Waals surface area contributed by atoms with Gasteiger partial charge in [0.15, 0.2) is 0 Å². The quantitative estimate of drug-likeness (QED) is 0.836. The highest BCUT2D eigenvalue weighted by atomic mass is 19.4. The van der Waals surface area contributed by atoms with Gasteiger partial charge in [-0.25, -0.2) is 0 Å². The van der Waals surface area contributed by atoms with E-state index in [0.717, 1.165) is 19.3 Å². The molecule has 2 atom stereocenters. The summed E-state index contributed by atoms with van der Waals surface area (Å²) in [6, 6.07) is -0.152. The van der Waals surface area contributed by atoms with E-state index in [2.05, 4.69) is 0 Å². The minimum atomic E-state index is -4.12. The minimum Gasteiger partial charge on any atom is -0.391 e. The number of hydrogen-bond acceptors (Lipinski definition) is 2. The van der Waals surface area contributed by atoms with Crippen molar-refractivity contribution in [1.82, 2.24) is 4.90 Å². The van der Waals surface area contributed by atoms with Crippen molar-refractivity contribution in [3.63, 3.8) is 0 Å². The molecule has 0 saturated heterocycles. The summed E-state index contributed by atoms with van der Waals surface area (Å²) in [5.74, 6) is 0. The monoisotopic (exact) mass is 253 g/mol. The van der Waals surface area contributed by atoms with Gasteiger partial charge in [-0.15, -0.1) is 0 Å².